The molecule has 0 bridgehead atoms. The predicted molar refractivity (Wildman–Crippen MR) is 97.2 cm³/mol. The van der Waals surface area contributed by atoms with Crippen LogP contribution in [0, 0.1) is 0 Å². The molecule has 132 valence electrons. The molecule has 5 nitrogen and oxygen atoms in total. The molecule has 5 heteroatoms. The molecule has 0 atom stereocenters. The minimum Gasteiger partial charge on any atom is -0.484 e. The first-order valence-corrected chi connectivity index (χ1v) is 8.35. The van der Waals surface area contributed by atoms with Gasteiger partial charge >= 0.3 is 0 Å². The largest absolute Gasteiger partial charge is 0.484 e. The summed E-state index contributed by atoms with van der Waals surface area (Å²) < 4.78 is 5.34. The van der Waals surface area contributed by atoms with Crippen LogP contribution in [-0.4, -0.2) is 36.9 Å². The smallest absolute Gasteiger partial charge is 0.258 e. The van der Waals surface area contributed by atoms with Crippen molar-refractivity contribution in [3.63, 3.8) is 0 Å². The Morgan fingerprint density at radius 2 is 1.64 bits per heavy atom. The van der Waals surface area contributed by atoms with Gasteiger partial charge in [-0.05, 0) is 29.7 Å². The molecule has 0 aromatic heterocycles. The predicted octanol–water partition coefficient (Wildman–Crippen LogP) is 2.40. The van der Waals surface area contributed by atoms with E-state index in [1.165, 1.54) is 5.56 Å². The van der Waals surface area contributed by atoms with Gasteiger partial charge in [0.1, 0.15) is 5.75 Å². The Balaban J connectivity index is 1.71. The van der Waals surface area contributed by atoms with E-state index in [0.29, 0.717) is 12.3 Å². The van der Waals surface area contributed by atoms with E-state index < -0.39 is 0 Å². The van der Waals surface area contributed by atoms with Crippen molar-refractivity contribution in [3.8, 4) is 5.75 Å². The number of nitrogens with zero attached hydrogens (tertiary/aromatic N) is 1. The van der Waals surface area contributed by atoms with E-state index in [2.05, 4.69) is 24.4 Å². The van der Waals surface area contributed by atoms with Crippen molar-refractivity contribution in [1.82, 2.24) is 10.2 Å². The van der Waals surface area contributed by atoms with Gasteiger partial charge in [0.2, 0.25) is 5.91 Å². The molecule has 0 aliphatic heterocycles. The number of benzene rings is 2. The molecule has 2 amide bonds. The van der Waals surface area contributed by atoms with Crippen molar-refractivity contribution in [2.45, 2.75) is 19.9 Å². The van der Waals surface area contributed by atoms with Gasteiger partial charge in [0.15, 0.2) is 6.61 Å². The number of nitrogens with one attached hydrogen (secondary N) is 1. The van der Waals surface area contributed by atoms with E-state index in [0.717, 1.165) is 12.0 Å². The fourth-order valence-corrected chi connectivity index (χ4v) is 2.27. The highest BCUT2D eigenvalue weighted by Gasteiger charge is 2.11. The normalized spacial score (nSPS) is 10.2. The summed E-state index contributed by atoms with van der Waals surface area (Å²) in [5, 5.41) is 2.58. The lowest BCUT2D eigenvalue weighted by Crippen LogP contribution is -2.39. The summed E-state index contributed by atoms with van der Waals surface area (Å²) in [6.45, 7) is 2.47. The maximum Gasteiger partial charge on any atom is 0.258 e. The average molecular weight is 340 g/mol. The molecule has 0 fully saturated rings. The fourth-order valence-electron chi connectivity index (χ4n) is 2.27. The molecule has 2 aromatic carbocycles. The molecule has 25 heavy (non-hydrogen) atoms. The van der Waals surface area contributed by atoms with Crippen LogP contribution in [0.15, 0.2) is 54.6 Å². The Morgan fingerprint density at radius 1 is 1.00 bits per heavy atom. The Hall–Kier alpha value is -2.82. The number of ether oxygens (including phenoxy) is 1. The highest BCUT2D eigenvalue weighted by atomic mass is 16.5. The number of carbonyl (C=O) groups is 2. The number of carbonyl (C=O) groups excluding carboxylic acids is 2. The van der Waals surface area contributed by atoms with Crippen LogP contribution in [0.2, 0.25) is 0 Å². The summed E-state index contributed by atoms with van der Waals surface area (Å²) in [5.41, 5.74) is 2.33. The third-order valence-electron chi connectivity index (χ3n) is 3.83. The molecule has 1 N–H and O–H groups in total. The molecule has 0 spiro atoms. The monoisotopic (exact) mass is 340 g/mol. The van der Waals surface area contributed by atoms with E-state index in [-0.39, 0.29) is 25.0 Å². The van der Waals surface area contributed by atoms with Gasteiger partial charge < -0.3 is 15.0 Å². The highest BCUT2D eigenvalue weighted by molar-refractivity contribution is 5.85. The van der Waals surface area contributed by atoms with Gasteiger partial charge in [0.05, 0.1) is 6.54 Å². The number of amides is 2. The van der Waals surface area contributed by atoms with Crippen molar-refractivity contribution in [3.05, 3.63) is 65.7 Å². The Kier molecular flexibility index (Phi) is 7.01. The summed E-state index contributed by atoms with van der Waals surface area (Å²) in [7, 11) is 1.72. The average Bonchev–Trinajstić information content (AvgIpc) is 2.65. The molecule has 0 aliphatic rings. The first-order valence-electron chi connectivity index (χ1n) is 8.35. The lowest BCUT2D eigenvalue weighted by molar-refractivity contribution is -0.132. The first-order chi connectivity index (χ1) is 12.1. The SMILES string of the molecule is CCc1ccc(CN(C)C(=O)CNC(=O)COc2ccccc2)cc1. The number of likely N-dealkylation sites (N-methyl/N-ethyl adjacent to an activating group) is 1. The van der Waals surface area contributed by atoms with Gasteiger partial charge in [0, 0.05) is 13.6 Å². The van der Waals surface area contributed by atoms with Crippen LogP contribution in [0.3, 0.4) is 0 Å². The summed E-state index contributed by atoms with van der Waals surface area (Å²) in [5.74, 6) is 0.155. The maximum absolute atomic E-state index is 12.1. The summed E-state index contributed by atoms with van der Waals surface area (Å²) >= 11 is 0. The zero-order valence-electron chi connectivity index (χ0n) is 14.7. The molecular formula is C20H24N2O3. The summed E-state index contributed by atoms with van der Waals surface area (Å²) in [4.78, 5) is 25.5. The quantitative estimate of drug-likeness (QED) is 0.803. The van der Waals surface area contributed by atoms with Crippen molar-refractivity contribution in [2.75, 3.05) is 20.2 Å². The number of hydrogen-bond donors (Lipinski definition) is 1. The minimum absolute atomic E-state index is 0.0411. The van der Waals surface area contributed by atoms with E-state index in [1.54, 1.807) is 24.1 Å². The summed E-state index contributed by atoms with van der Waals surface area (Å²) in [6, 6.07) is 17.3. The van der Waals surface area contributed by atoms with Gasteiger partial charge in [-0.3, -0.25) is 9.59 Å². The van der Waals surface area contributed by atoms with Gasteiger partial charge in [-0.2, -0.15) is 0 Å². The maximum atomic E-state index is 12.1. The second kappa shape index (κ2) is 9.47. The van der Waals surface area contributed by atoms with Crippen molar-refractivity contribution in [1.29, 1.82) is 0 Å². The van der Waals surface area contributed by atoms with Crippen LogP contribution < -0.4 is 10.1 Å². The molecule has 2 aromatic rings. The minimum atomic E-state index is -0.321. The Bertz CT molecular complexity index is 684. The fraction of sp³-hybridized carbons (Fsp3) is 0.300. The third kappa shape index (κ3) is 6.30. The second-order valence-electron chi connectivity index (χ2n) is 5.80. The van der Waals surface area contributed by atoms with Crippen LogP contribution in [0.25, 0.3) is 0 Å². The van der Waals surface area contributed by atoms with Crippen LogP contribution in [0.1, 0.15) is 18.1 Å². The van der Waals surface area contributed by atoms with Gasteiger partial charge in [0.25, 0.3) is 5.91 Å². The molecule has 2 rings (SSSR count). The van der Waals surface area contributed by atoms with E-state index >= 15 is 0 Å². The molecular weight excluding hydrogens is 316 g/mol. The highest BCUT2D eigenvalue weighted by Crippen LogP contribution is 2.08. The van der Waals surface area contributed by atoms with Crippen LogP contribution in [0.4, 0.5) is 0 Å². The molecule has 0 heterocycles. The number of para-hydroxylation sites is 1. The molecule has 0 unspecified atom stereocenters. The van der Waals surface area contributed by atoms with Crippen LogP contribution in [0.5, 0.6) is 5.75 Å². The number of hydrogen-bond acceptors (Lipinski definition) is 3. The topological polar surface area (TPSA) is 58.6 Å². The molecule has 0 saturated carbocycles. The van der Waals surface area contributed by atoms with E-state index in [1.807, 2.05) is 30.3 Å². The van der Waals surface area contributed by atoms with E-state index in [4.69, 9.17) is 4.74 Å². The number of rotatable bonds is 8. The van der Waals surface area contributed by atoms with Crippen LogP contribution in [-0.2, 0) is 22.6 Å². The van der Waals surface area contributed by atoms with Crippen molar-refractivity contribution in [2.24, 2.45) is 0 Å². The zero-order valence-corrected chi connectivity index (χ0v) is 14.7. The zero-order chi connectivity index (χ0) is 18.1. The number of aryl methyl sites for hydroxylation is 1. The first kappa shape index (κ1) is 18.5. The second-order valence-corrected chi connectivity index (χ2v) is 5.80. The summed E-state index contributed by atoms with van der Waals surface area (Å²) in [6.07, 6.45) is 0.992. The van der Waals surface area contributed by atoms with Crippen molar-refractivity contribution >= 4 is 11.8 Å². The Labute approximate surface area is 148 Å². The van der Waals surface area contributed by atoms with Gasteiger partial charge in [-0.1, -0.05) is 49.4 Å². The van der Waals surface area contributed by atoms with Gasteiger partial charge in [-0.25, -0.2) is 0 Å². The van der Waals surface area contributed by atoms with Gasteiger partial charge in [-0.15, -0.1) is 0 Å². The molecule has 0 radical (unpaired) electrons. The molecule has 0 saturated heterocycles. The third-order valence-corrected chi connectivity index (χ3v) is 3.83. The standard InChI is InChI=1S/C20H24N2O3/c1-3-16-9-11-17(12-10-16)14-22(2)20(24)13-21-19(23)15-25-18-7-5-4-6-8-18/h4-12H,3,13-15H2,1-2H3,(H,21,23). The lowest BCUT2D eigenvalue weighted by atomic mass is 10.1. The molecule has 0 aliphatic carbocycles. The van der Waals surface area contributed by atoms with E-state index in [9.17, 15) is 9.59 Å². The van der Waals surface area contributed by atoms with Crippen LogP contribution >= 0.6 is 0 Å². The lowest BCUT2D eigenvalue weighted by Gasteiger charge is -2.18. The van der Waals surface area contributed by atoms with Crippen molar-refractivity contribution < 1.29 is 14.3 Å². The Morgan fingerprint density at radius 3 is 2.28 bits per heavy atom.